The van der Waals surface area contributed by atoms with Crippen LogP contribution < -0.4 is 0 Å². The van der Waals surface area contributed by atoms with E-state index >= 15 is 0 Å². The molecular formula is C16H19NO. The lowest BCUT2D eigenvalue weighted by atomic mass is 9.78. The third kappa shape index (κ3) is 1.81. The summed E-state index contributed by atoms with van der Waals surface area (Å²) < 4.78 is 0. The van der Waals surface area contributed by atoms with Crippen molar-refractivity contribution >= 4 is 10.8 Å². The fourth-order valence-electron chi connectivity index (χ4n) is 3.21. The van der Waals surface area contributed by atoms with Gasteiger partial charge in [0.25, 0.3) is 0 Å². The van der Waals surface area contributed by atoms with Crippen LogP contribution in [0.3, 0.4) is 0 Å². The third-order valence-corrected chi connectivity index (χ3v) is 4.42. The second-order valence-electron chi connectivity index (χ2n) is 5.71. The van der Waals surface area contributed by atoms with Crippen LogP contribution in [0.25, 0.3) is 10.8 Å². The minimum atomic E-state index is -0.382. The van der Waals surface area contributed by atoms with Crippen LogP contribution in [-0.2, 0) is 0 Å². The van der Waals surface area contributed by atoms with Gasteiger partial charge in [-0.3, -0.25) is 4.98 Å². The zero-order valence-electron chi connectivity index (χ0n) is 10.8. The minimum Gasteiger partial charge on any atom is -0.388 e. The van der Waals surface area contributed by atoms with Crippen molar-refractivity contribution in [3.63, 3.8) is 0 Å². The van der Waals surface area contributed by atoms with Crippen LogP contribution in [0.15, 0.2) is 36.7 Å². The van der Waals surface area contributed by atoms with E-state index in [2.05, 4.69) is 18.0 Å². The number of benzene rings is 1. The predicted molar refractivity (Wildman–Crippen MR) is 73.3 cm³/mol. The molecule has 1 aromatic heterocycles. The Balaban J connectivity index is 2.08. The summed E-state index contributed by atoms with van der Waals surface area (Å²) >= 11 is 0. The van der Waals surface area contributed by atoms with Crippen molar-refractivity contribution in [3.05, 3.63) is 42.2 Å². The summed E-state index contributed by atoms with van der Waals surface area (Å²) in [7, 11) is 0. The van der Waals surface area contributed by atoms with Crippen LogP contribution in [0.4, 0.5) is 0 Å². The first-order chi connectivity index (χ1) is 8.71. The molecule has 1 aliphatic rings. The normalized spacial score (nSPS) is 20.1. The molecule has 1 heterocycles. The van der Waals surface area contributed by atoms with E-state index in [9.17, 15) is 5.11 Å². The second-order valence-corrected chi connectivity index (χ2v) is 5.71. The van der Waals surface area contributed by atoms with Crippen LogP contribution in [0.2, 0.25) is 0 Å². The van der Waals surface area contributed by atoms with Gasteiger partial charge in [-0.2, -0.15) is 0 Å². The van der Waals surface area contributed by atoms with E-state index in [1.807, 2.05) is 24.4 Å². The van der Waals surface area contributed by atoms with Crippen molar-refractivity contribution in [1.29, 1.82) is 0 Å². The van der Waals surface area contributed by atoms with Crippen LogP contribution in [-0.4, -0.2) is 10.1 Å². The Labute approximate surface area is 108 Å². The molecule has 1 unspecified atom stereocenters. The van der Waals surface area contributed by atoms with E-state index in [1.165, 1.54) is 12.8 Å². The van der Waals surface area contributed by atoms with Crippen LogP contribution in [0.1, 0.15) is 44.3 Å². The fraction of sp³-hybridized carbons (Fsp3) is 0.438. The number of fused-ring (bicyclic) bond motifs is 1. The van der Waals surface area contributed by atoms with Gasteiger partial charge in [-0.05, 0) is 35.3 Å². The summed E-state index contributed by atoms with van der Waals surface area (Å²) in [5, 5.41) is 13.0. The molecule has 1 aliphatic carbocycles. The van der Waals surface area contributed by atoms with Gasteiger partial charge >= 0.3 is 0 Å². The summed E-state index contributed by atoms with van der Waals surface area (Å²) in [4.78, 5) is 4.19. The average molecular weight is 241 g/mol. The van der Waals surface area contributed by atoms with Gasteiger partial charge in [0, 0.05) is 17.8 Å². The monoisotopic (exact) mass is 241 g/mol. The Bertz CT molecular complexity index is 553. The maximum Gasteiger partial charge on any atom is 0.0850 e. The number of pyridine rings is 1. The van der Waals surface area contributed by atoms with E-state index in [1.54, 1.807) is 6.20 Å². The molecule has 2 nitrogen and oxygen atoms in total. The van der Waals surface area contributed by atoms with Crippen molar-refractivity contribution in [2.75, 3.05) is 0 Å². The summed E-state index contributed by atoms with van der Waals surface area (Å²) in [6, 6.07) is 8.14. The van der Waals surface area contributed by atoms with Crippen molar-refractivity contribution in [2.45, 2.75) is 38.7 Å². The maximum atomic E-state index is 10.7. The quantitative estimate of drug-likeness (QED) is 0.866. The summed E-state index contributed by atoms with van der Waals surface area (Å²) in [6.07, 6.45) is 7.98. The van der Waals surface area contributed by atoms with Gasteiger partial charge in [0.15, 0.2) is 0 Å². The molecule has 2 aromatic rings. The van der Waals surface area contributed by atoms with Crippen LogP contribution in [0.5, 0.6) is 0 Å². The van der Waals surface area contributed by atoms with Gasteiger partial charge in [-0.1, -0.05) is 38.0 Å². The SMILES string of the molecule is CC1(C(O)c2cccc3ccncc23)CCCC1. The summed E-state index contributed by atoms with van der Waals surface area (Å²) in [5.41, 5.74) is 1.06. The van der Waals surface area contributed by atoms with Gasteiger partial charge in [0.05, 0.1) is 6.10 Å². The molecule has 0 spiro atoms. The highest BCUT2D eigenvalue weighted by atomic mass is 16.3. The first-order valence-electron chi connectivity index (χ1n) is 6.71. The molecule has 1 aromatic carbocycles. The van der Waals surface area contributed by atoms with E-state index < -0.39 is 0 Å². The standard InChI is InChI=1S/C16H19NO/c1-16(8-2-3-9-16)15(18)13-6-4-5-12-7-10-17-11-14(12)13/h4-7,10-11,15,18H,2-3,8-9H2,1H3. The molecular weight excluding hydrogens is 222 g/mol. The highest BCUT2D eigenvalue weighted by Gasteiger charge is 2.37. The molecule has 1 atom stereocenters. The molecule has 0 radical (unpaired) electrons. The zero-order valence-corrected chi connectivity index (χ0v) is 10.8. The number of rotatable bonds is 2. The highest BCUT2D eigenvalue weighted by molar-refractivity contribution is 5.85. The minimum absolute atomic E-state index is 0.0319. The number of aromatic nitrogens is 1. The van der Waals surface area contributed by atoms with Crippen molar-refractivity contribution in [2.24, 2.45) is 5.41 Å². The van der Waals surface area contributed by atoms with Crippen molar-refractivity contribution in [3.8, 4) is 0 Å². The van der Waals surface area contributed by atoms with Gasteiger partial charge in [0.2, 0.25) is 0 Å². The van der Waals surface area contributed by atoms with Gasteiger partial charge in [0.1, 0.15) is 0 Å². The largest absolute Gasteiger partial charge is 0.388 e. The Morgan fingerprint density at radius 1 is 1.22 bits per heavy atom. The van der Waals surface area contributed by atoms with E-state index in [4.69, 9.17) is 0 Å². The Morgan fingerprint density at radius 3 is 2.78 bits per heavy atom. The van der Waals surface area contributed by atoms with Crippen molar-refractivity contribution < 1.29 is 5.11 Å². The maximum absolute atomic E-state index is 10.7. The third-order valence-electron chi connectivity index (χ3n) is 4.42. The first-order valence-corrected chi connectivity index (χ1v) is 6.71. The van der Waals surface area contributed by atoms with Crippen molar-refractivity contribution in [1.82, 2.24) is 4.98 Å². The molecule has 0 amide bonds. The Hall–Kier alpha value is -1.41. The fourth-order valence-corrected chi connectivity index (χ4v) is 3.21. The number of hydrogen-bond acceptors (Lipinski definition) is 2. The Kier molecular flexibility index (Phi) is 2.83. The van der Waals surface area contributed by atoms with E-state index in [0.29, 0.717) is 0 Å². The second kappa shape index (κ2) is 4.36. The molecule has 0 bridgehead atoms. The summed E-state index contributed by atoms with van der Waals surface area (Å²) in [5.74, 6) is 0. The number of nitrogens with zero attached hydrogens (tertiary/aromatic N) is 1. The Morgan fingerprint density at radius 2 is 2.00 bits per heavy atom. The summed E-state index contributed by atoms with van der Waals surface area (Å²) in [6.45, 7) is 2.21. The molecule has 0 saturated heterocycles. The highest BCUT2D eigenvalue weighted by Crippen LogP contribution is 2.48. The van der Waals surface area contributed by atoms with Crippen LogP contribution in [0, 0.1) is 5.41 Å². The molecule has 1 fully saturated rings. The lowest BCUT2D eigenvalue weighted by Gasteiger charge is -2.31. The number of aliphatic hydroxyl groups is 1. The average Bonchev–Trinajstić information content (AvgIpc) is 2.85. The molecule has 2 heteroatoms. The molecule has 18 heavy (non-hydrogen) atoms. The number of aliphatic hydroxyl groups excluding tert-OH is 1. The first kappa shape index (κ1) is 11.7. The molecule has 1 saturated carbocycles. The molecule has 0 aliphatic heterocycles. The molecule has 3 rings (SSSR count). The topological polar surface area (TPSA) is 33.1 Å². The lowest BCUT2D eigenvalue weighted by Crippen LogP contribution is -2.22. The molecule has 1 N–H and O–H groups in total. The smallest absolute Gasteiger partial charge is 0.0850 e. The van der Waals surface area contributed by atoms with E-state index in [0.717, 1.165) is 29.2 Å². The lowest BCUT2D eigenvalue weighted by molar-refractivity contribution is 0.0420. The number of hydrogen-bond donors (Lipinski definition) is 1. The van der Waals surface area contributed by atoms with Gasteiger partial charge in [-0.15, -0.1) is 0 Å². The van der Waals surface area contributed by atoms with Gasteiger partial charge < -0.3 is 5.11 Å². The van der Waals surface area contributed by atoms with Gasteiger partial charge in [-0.25, -0.2) is 0 Å². The van der Waals surface area contributed by atoms with Crippen LogP contribution >= 0.6 is 0 Å². The molecule has 94 valence electrons. The predicted octanol–water partition coefficient (Wildman–Crippen LogP) is 3.85. The van der Waals surface area contributed by atoms with E-state index in [-0.39, 0.29) is 11.5 Å². The zero-order chi connectivity index (χ0) is 12.6.